The SMILES string of the molecule is CC(=O)N[C@@H]1C(O)[C@H](O[C@@H]2O[C@H](CO[C@H]3O[C@H](CO)[C@@H](O)C(O)[C@@H]3O)[C@@H](O)[C@@H](O[C@H]3O[C@H](CO)[C@@H](O)C(O)[C@@H]3O)[C@@H]2O)[C@@H](CO)O[C@H]1O[C@H]1C(O)[C@@H](NC(C)=O)[C@H](S)O[C@@H]1CO. The Morgan fingerprint density at radius 3 is 1.39 bits per heavy atom. The molecule has 0 bridgehead atoms. The number of hydrogen-bond donors (Lipinski definition) is 17. The molecule has 5 saturated heterocycles. The number of nitrogens with one attached hydrogen (secondary N) is 2. The summed E-state index contributed by atoms with van der Waals surface area (Å²) >= 11 is 4.23. The summed E-state index contributed by atoms with van der Waals surface area (Å²) in [7, 11) is 0. The number of hydrogen-bond acceptors (Lipinski definition) is 26. The summed E-state index contributed by atoms with van der Waals surface area (Å²) in [5.41, 5.74) is -1.13. The Hall–Kier alpha value is -1.63. The number of amides is 2. The molecule has 0 aromatic heterocycles. The third-order valence-corrected chi connectivity index (χ3v) is 11.5. The van der Waals surface area contributed by atoms with E-state index in [2.05, 4.69) is 23.3 Å². The summed E-state index contributed by atoms with van der Waals surface area (Å²) in [5, 5.41) is 153. The average molecular weight is 927 g/mol. The van der Waals surface area contributed by atoms with E-state index in [-0.39, 0.29) is 0 Å². The average Bonchev–Trinajstić information content (AvgIpc) is 3.23. The Balaban J connectivity index is 1.41. The number of ether oxygens (including phenoxy) is 9. The van der Waals surface area contributed by atoms with Crippen LogP contribution in [0.4, 0.5) is 0 Å². The lowest BCUT2D eigenvalue weighted by Crippen LogP contribution is -2.70. The van der Waals surface area contributed by atoms with Gasteiger partial charge in [0.2, 0.25) is 11.8 Å². The Labute approximate surface area is 357 Å². The smallest absolute Gasteiger partial charge is 0.217 e. The van der Waals surface area contributed by atoms with Crippen LogP contribution in [0.5, 0.6) is 0 Å². The fourth-order valence-corrected chi connectivity index (χ4v) is 8.14. The van der Waals surface area contributed by atoms with E-state index in [0.29, 0.717) is 0 Å². The van der Waals surface area contributed by atoms with Gasteiger partial charge in [-0.1, -0.05) is 0 Å². The van der Waals surface area contributed by atoms with Crippen molar-refractivity contribution < 1.29 is 124 Å². The van der Waals surface area contributed by atoms with Crippen molar-refractivity contribution in [1.82, 2.24) is 10.6 Å². The van der Waals surface area contributed by atoms with E-state index in [4.69, 9.17) is 42.6 Å². The Morgan fingerprint density at radius 2 is 0.855 bits per heavy atom. The zero-order valence-electron chi connectivity index (χ0n) is 33.2. The van der Waals surface area contributed by atoms with Crippen LogP contribution in [0.2, 0.25) is 0 Å². The molecule has 62 heavy (non-hydrogen) atoms. The van der Waals surface area contributed by atoms with Gasteiger partial charge in [0.25, 0.3) is 0 Å². The second-order valence-corrected chi connectivity index (χ2v) is 16.0. The molecule has 5 aliphatic heterocycles. The number of thiol groups is 1. The van der Waals surface area contributed by atoms with Gasteiger partial charge >= 0.3 is 0 Å². The summed E-state index contributed by atoms with van der Waals surface area (Å²) < 4.78 is 51.3. The lowest BCUT2D eigenvalue weighted by molar-refractivity contribution is -0.383. The molecule has 27 nitrogen and oxygen atoms in total. The molecule has 5 rings (SSSR count). The summed E-state index contributed by atoms with van der Waals surface area (Å²) in [6.07, 6.45) is -39.7. The number of carbonyl (C=O) groups excluding carboxylic acids is 2. The third-order valence-electron chi connectivity index (χ3n) is 11.1. The summed E-state index contributed by atoms with van der Waals surface area (Å²) in [6.45, 7) is -2.04. The standard InChI is InChI=1S/C34H58N2O25S/c1-8(41)35-15-20(46)27(12(5-39)56-30(15)59-28-13(6-40)58-34(62)16(21(28)47)36-9(2)42)60-33-26(52)29(61-32-25(51)23(49)18(44)11(4-38)55-32)19(45)14(57-33)7-53-31-24(50)22(48)17(43)10(3-37)54-31/h10-34,37-40,43-52,62H,3-7H2,1-2H3,(H,35,41)(H,36,42)/t10-,11-,12-,13-,14-,15-,16-,17-,18-,19-,20?,21?,22?,23?,24+,25+,26+,27-,28-,29-,30+,31+,32-,33+,34+/m1/s1. The number of aliphatic hydroxyl groups excluding tert-OH is 14. The van der Waals surface area contributed by atoms with Gasteiger partial charge in [-0.3, -0.25) is 9.59 Å². The minimum atomic E-state index is -2.17. The van der Waals surface area contributed by atoms with Crippen LogP contribution in [0.15, 0.2) is 0 Å². The molecule has 0 aliphatic carbocycles. The highest BCUT2D eigenvalue weighted by Gasteiger charge is 2.56. The van der Waals surface area contributed by atoms with Gasteiger partial charge < -0.3 is 125 Å². The number of rotatable bonds is 15. The first-order valence-corrected chi connectivity index (χ1v) is 20.1. The lowest BCUT2D eigenvalue weighted by atomic mass is 9.94. The summed E-state index contributed by atoms with van der Waals surface area (Å²) in [5.74, 6) is -1.35. The predicted octanol–water partition coefficient (Wildman–Crippen LogP) is -10.7. The van der Waals surface area contributed by atoms with Gasteiger partial charge in [0, 0.05) is 13.8 Å². The minimum Gasteiger partial charge on any atom is -0.394 e. The molecular formula is C34H58N2O25S. The van der Waals surface area contributed by atoms with Crippen LogP contribution >= 0.6 is 12.6 Å². The van der Waals surface area contributed by atoms with Crippen LogP contribution in [0.1, 0.15) is 13.8 Å². The Bertz CT molecular complexity index is 1440. The quantitative estimate of drug-likeness (QED) is 0.0678. The maximum absolute atomic E-state index is 12.5. The van der Waals surface area contributed by atoms with Crippen molar-refractivity contribution in [2.24, 2.45) is 0 Å². The first-order chi connectivity index (χ1) is 29.3. The van der Waals surface area contributed by atoms with Crippen LogP contribution in [-0.4, -0.2) is 269 Å². The van der Waals surface area contributed by atoms with Gasteiger partial charge in [0.1, 0.15) is 121 Å². The molecule has 25 atom stereocenters. The van der Waals surface area contributed by atoms with E-state index in [1.54, 1.807) is 0 Å². The largest absolute Gasteiger partial charge is 0.394 e. The second-order valence-electron chi connectivity index (χ2n) is 15.5. The van der Waals surface area contributed by atoms with Crippen molar-refractivity contribution in [1.29, 1.82) is 0 Å². The number of carbonyl (C=O) groups is 2. The van der Waals surface area contributed by atoms with E-state index < -0.39 is 197 Å². The zero-order valence-corrected chi connectivity index (χ0v) is 34.1. The van der Waals surface area contributed by atoms with Crippen LogP contribution in [0, 0.1) is 0 Å². The molecule has 0 aromatic rings. The fraction of sp³-hybridized carbons (Fsp3) is 0.941. The molecule has 0 saturated carbocycles. The maximum atomic E-state index is 12.5. The van der Waals surface area contributed by atoms with Crippen LogP contribution in [0.25, 0.3) is 0 Å². The molecule has 2 amide bonds. The molecule has 0 spiro atoms. The summed E-state index contributed by atoms with van der Waals surface area (Å²) in [6, 6.07) is -2.84. The monoisotopic (exact) mass is 926 g/mol. The molecule has 28 heteroatoms. The highest BCUT2D eigenvalue weighted by Crippen LogP contribution is 2.35. The first kappa shape index (κ1) is 51.4. The summed E-state index contributed by atoms with van der Waals surface area (Å²) in [4.78, 5) is 24.3. The van der Waals surface area contributed by atoms with Crippen LogP contribution in [0.3, 0.4) is 0 Å². The van der Waals surface area contributed by atoms with E-state index in [1.165, 1.54) is 0 Å². The van der Waals surface area contributed by atoms with Gasteiger partial charge in [-0.25, -0.2) is 0 Å². The van der Waals surface area contributed by atoms with Gasteiger partial charge in [-0.2, -0.15) is 0 Å². The fourth-order valence-electron chi connectivity index (χ4n) is 7.73. The third kappa shape index (κ3) is 11.1. The van der Waals surface area contributed by atoms with Gasteiger partial charge in [0.15, 0.2) is 25.2 Å². The van der Waals surface area contributed by atoms with E-state index >= 15 is 0 Å². The van der Waals surface area contributed by atoms with Gasteiger partial charge in [-0.15, -0.1) is 12.6 Å². The minimum absolute atomic E-state index is 0.582. The van der Waals surface area contributed by atoms with Gasteiger partial charge in [0.05, 0.1) is 39.1 Å². The lowest BCUT2D eigenvalue weighted by Gasteiger charge is -2.50. The second kappa shape index (κ2) is 22.2. The highest BCUT2D eigenvalue weighted by atomic mass is 32.1. The van der Waals surface area contributed by atoms with Gasteiger partial charge in [-0.05, 0) is 0 Å². The predicted molar refractivity (Wildman–Crippen MR) is 196 cm³/mol. The molecule has 5 fully saturated rings. The van der Waals surface area contributed by atoms with Crippen LogP contribution < -0.4 is 10.6 Å². The van der Waals surface area contributed by atoms with Crippen molar-refractivity contribution in [3.63, 3.8) is 0 Å². The van der Waals surface area contributed by atoms with Crippen molar-refractivity contribution in [3.05, 3.63) is 0 Å². The van der Waals surface area contributed by atoms with Crippen molar-refractivity contribution in [2.45, 2.75) is 166 Å². The molecule has 360 valence electrons. The van der Waals surface area contributed by atoms with E-state index in [1.807, 2.05) is 0 Å². The van der Waals surface area contributed by atoms with Crippen molar-refractivity contribution in [2.75, 3.05) is 33.0 Å². The number of aliphatic hydroxyl groups is 14. The van der Waals surface area contributed by atoms with Crippen LogP contribution in [-0.2, 0) is 52.2 Å². The van der Waals surface area contributed by atoms with Crippen molar-refractivity contribution in [3.8, 4) is 0 Å². The normalized spacial score (nSPS) is 49.0. The topological polar surface area (TPSA) is 424 Å². The van der Waals surface area contributed by atoms with E-state index in [9.17, 15) is 81.1 Å². The molecule has 5 heterocycles. The first-order valence-electron chi connectivity index (χ1n) is 19.6. The molecular weight excluding hydrogens is 868 g/mol. The molecule has 0 aromatic carbocycles. The Kier molecular flexibility index (Phi) is 18.4. The zero-order chi connectivity index (χ0) is 45.9. The molecule has 4 unspecified atom stereocenters. The maximum Gasteiger partial charge on any atom is 0.217 e. The Morgan fingerprint density at radius 1 is 0.452 bits per heavy atom. The molecule has 5 aliphatic rings. The molecule has 16 N–H and O–H groups in total. The van der Waals surface area contributed by atoms with Crippen molar-refractivity contribution >= 4 is 24.4 Å². The highest BCUT2D eigenvalue weighted by molar-refractivity contribution is 7.80. The van der Waals surface area contributed by atoms with E-state index in [0.717, 1.165) is 13.8 Å². The molecule has 0 radical (unpaired) electrons.